The molecule has 1 atom stereocenters. The lowest BCUT2D eigenvalue weighted by atomic mass is 9.95. The lowest BCUT2D eigenvalue weighted by Gasteiger charge is -2.12. The molecule has 2 amide bonds. The number of anilines is 1. The maximum Gasteiger partial charge on any atom is 0.259 e. The summed E-state index contributed by atoms with van der Waals surface area (Å²) in [6.45, 7) is -0.254. The highest BCUT2D eigenvalue weighted by molar-refractivity contribution is 6.50. The highest BCUT2D eigenvalue weighted by Crippen LogP contribution is 2.36. The van der Waals surface area contributed by atoms with Gasteiger partial charge >= 0.3 is 0 Å². The van der Waals surface area contributed by atoms with Crippen LogP contribution in [0.5, 0.6) is 0 Å². The molecule has 0 saturated heterocycles. The number of aryl methyl sites for hydroxylation is 1. The molecule has 0 radical (unpaired) electrons. The molecule has 4 rings (SSSR count). The first-order chi connectivity index (χ1) is 14.4. The van der Waals surface area contributed by atoms with Gasteiger partial charge in [-0.2, -0.15) is 0 Å². The van der Waals surface area contributed by atoms with E-state index in [9.17, 15) is 19.1 Å². The maximum atomic E-state index is 13.9. The number of fused-ring (bicyclic) bond motifs is 1. The van der Waals surface area contributed by atoms with Gasteiger partial charge in [-0.25, -0.2) is 4.39 Å². The highest BCUT2D eigenvalue weighted by Gasteiger charge is 2.33. The fraction of sp³-hybridized carbons (Fsp3) is 0.182. The number of benzene rings is 2. The van der Waals surface area contributed by atoms with Crippen LogP contribution in [0.3, 0.4) is 0 Å². The molecule has 7 nitrogen and oxygen atoms in total. The van der Waals surface area contributed by atoms with Gasteiger partial charge in [-0.1, -0.05) is 12.1 Å². The van der Waals surface area contributed by atoms with Crippen molar-refractivity contribution >= 4 is 39.6 Å². The Bertz CT molecular complexity index is 1200. The summed E-state index contributed by atoms with van der Waals surface area (Å²) < 4.78 is 15.7. The van der Waals surface area contributed by atoms with Gasteiger partial charge in [0, 0.05) is 41.9 Å². The van der Waals surface area contributed by atoms with Gasteiger partial charge in [0.25, 0.3) is 11.8 Å². The van der Waals surface area contributed by atoms with E-state index in [0.717, 1.165) is 5.52 Å². The summed E-state index contributed by atoms with van der Waals surface area (Å²) in [5.74, 6) is -1.51. The third-order valence-corrected chi connectivity index (χ3v) is 5.06. The quantitative estimate of drug-likeness (QED) is 0.464. The predicted octanol–water partition coefficient (Wildman–Crippen LogP) is 1.65. The average molecular weight is 409 g/mol. The van der Waals surface area contributed by atoms with Crippen molar-refractivity contribution in [2.24, 2.45) is 7.05 Å². The molecular formula is C22H20FN3O4. The van der Waals surface area contributed by atoms with E-state index < -0.39 is 23.7 Å². The number of imide groups is 1. The number of carbonyl (C=O) groups excluding carboxylic acids is 2. The Hall–Kier alpha value is -3.49. The number of aromatic nitrogens is 1. The fourth-order valence-electron chi connectivity index (χ4n) is 3.64. The minimum atomic E-state index is -0.926. The lowest BCUT2D eigenvalue weighted by molar-refractivity contribution is -0.122. The van der Waals surface area contributed by atoms with Gasteiger partial charge < -0.3 is 20.1 Å². The Morgan fingerprint density at radius 2 is 1.90 bits per heavy atom. The molecule has 30 heavy (non-hydrogen) atoms. The van der Waals surface area contributed by atoms with E-state index >= 15 is 0 Å². The topological polar surface area (TPSA) is 104 Å². The molecule has 3 aromatic rings. The zero-order valence-corrected chi connectivity index (χ0v) is 16.1. The summed E-state index contributed by atoms with van der Waals surface area (Å²) in [5, 5.41) is 24.3. The van der Waals surface area contributed by atoms with Gasteiger partial charge in [-0.05, 0) is 35.9 Å². The van der Waals surface area contributed by atoms with Crippen LogP contribution >= 0.6 is 0 Å². The van der Waals surface area contributed by atoms with Crippen molar-refractivity contribution in [1.29, 1.82) is 0 Å². The molecular weight excluding hydrogens is 389 g/mol. The standard InChI is InChI=1S/C22H20FN3O4/c1-26-10-17(16-8-13(23)5-6-18(16)26)20-19(21(29)25-22(20)30)12-3-2-4-14(7-12)24-9-15(28)11-27/h2-8,10,15,24,27-28H,9,11H2,1H3,(H,25,29,30)/t15-/m0/s1. The van der Waals surface area contributed by atoms with Crippen molar-refractivity contribution in [3.63, 3.8) is 0 Å². The highest BCUT2D eigenvalue weighted by atomic mass is 19.1. The summed E-state index contributed by atoms with van der Waals surface area (Å²) in [7, 11) is 1.79. The minimum Gasteiger partial charge on any atom is -0.394 e. The van der Waals surface area contributed by atoms with Crippen LogP contribution in [0.25, 0.3) is 22.0 Å². The second kappa shape index (κ2) is 7.74. The zero-order chi connectivity index (χ0) is 21.4. The van der Waals surface area contributed by atoms with E-state index in [0.29, 0.717) is 22.2 Å². The summed E-state index contributed by atoms with van der Waals surface area (Å²) in [4.78, 5) is 25.3. The summed E-state index contributed by atoms with van der Waals surface area (Å²) in [6, 6.07) is 11.2. The SMILES string of the molecule is Cn1cc(C2=C(c3cccc(NC[C@H](O)CO)c3)C(=O)NC2=O)c2cc(F)ccc21. The lowest BCUT2D eigenvalue weighted by Crippen LogP contribution is -2.23. The Morgan fingerprint density at radius 3 is 2.67 bits per heavy atom. The molecule has 2 aromatic carbocycles. The first-order valence-electron chi connectivity index (χ1n) is 9.37. The minimum absolute atomic E-state index is 0.125. The van der Waals surface area contributed by atoms with Crippen LogP contribution in [-0.2, 0) is 16.6 Å². The third-order valence-electron chi connectivity index (χ3n) is 5.06. The van der Waals surface area contributed by atoms with Crippen molar-refractivity contribution < 1.29 is 24.2 Å². The number of hydrogen-bond acceptors (Lipinski definition) is 5. The van der Waals surface area contributed by atoms with Gasteiger partial charge in [0.05, 0.1) is 23.9 Å². The molecule has 2 heterocycles. The molecule has 4 N–H and O–H groups in total. The monoisotopic (exact) mass is 409 g/mol. The van der Waals surface area contributed by atoms with Crippen molar-refractivity contribution in [3.8, 4) is 0 Å². The molecule has 1 aromatic heterocycles. The molecule has 0 bridgehead atoms. The van der Waals surface area contributed by atoms with Gasteiger partial charge in [-0.15, -0.1) is 0 Å². The van der Waals surface area contributed by atoms with E-state index in [4.69, 9.17) is 5.11 Å². The molecule has 0 aliphatic carbocycles. The first-order valence-corrected chi connectivity index (χ1v) is 9.37. The number of aliphatic hydroxyl groups is 2. The number of amides is 2. The molecule has 1 aliphatic heterocycles. The number of hydrogen-bond donors (Lipinski definition) is 4. The number of carbonyl (C=O) groups is 2. The van der Waals surface area contributed by atoms with E-state index in [-0.39, 0.29) is 24.3 Å². The van der Waals surface area contributed by atoms with Crippen molar-refractivity contribution in [2.45, 2.75) is 6.10 Å². The average Bonchev–Trinajstić information content (AvgIpc) is 3.20. The summed E-state index contributed by atoms with van der Waals surface area (Å²) in [6.07, 6.45) is 0.780. The predicted molar refractivity (Wildman–Crippen MR) is 111 cm³/mol. The molecule has 8 heteroatoms. The van der Waals surface area contributed by atoms with E-state index in [2.05, 4.69) is 10.6 Å². The van der Waals surface area contributed by atoms with Gasteiger partial charge in [0.1, 0.15) is 5.82 Å². The molecule has 0 fully saturated rings. The van der Waals surface area contributed by atoms with Crippen molar-refractivity contribution in [2.75, 3.05) is 18.5 Å². The number of aliphatic hydroxyl groups excluding tert-OH is 2. The van der Waals surface area contributed by atoms with Crippen LogP contribution in [0.2, 0.25) is 0 Å². The first kappa shape index (κ1) is 19.8. The van der Waals surface area contributed by atoms with Crippen LogP contribution in [0.1, 0.15) is 11.1 Å². The van der Waals surface area contributed by atoms with Crippen LogP contribution < -0.4 is 10.6 Å². The summed E-state index contributed by atoms with van der Waals surface area (Å²) in [5.41, 5.74) is 2.71. The Kier molecular flexibility index (Phi) is 5.11. The van der Waals surface area contributed by atoms with Crippen molar-refractivity contribution in [3.05, 3.63) is 65.6 Å². The van der Waals surface area contributed by atoms with Crippen LogP contribution in [-0.4, -0.2) is 45.9 Å². The molecule has 0 unspecified atom stereocenters. The zero-order valence-electron chi connectivity index (χ0n) is 16.1. The third kappa shape index (κ3) is 3.47. The second-order valence-electron chi connectivity index (χ2n) is 7.15. The number of nitrogens with one attached hydrogen (secondary N) is 2. The number of halogens is 1. The van der Waals surface area contributed by atoms with Crippen LogP contribution in [0.15, 0.2) is 48.7 Å². The largest absolute Gasteiger partial charge is 0.394 e. The Balaban J connectivity index is 1.85. The fourth-order valence-corrected chi connectivity index (χ4v) is 3.64. The van der Waals surface area contributed by atoms with Crippen molar-refractivity contribution in [1.82, 2.24) is 9.88 Å². The van der Waals surface area contributed by atoms with Gasteiger partial charge in [0.2, 0.25) is 0 Å². The second-order valence-corrected chi connectivity index (χ2v) is 7.15. The van der Waals surface area contributed by atoms with Crippen LogP contribution in [0, 0.1) is 5.82 Å². The normalized spacial score (nSPS) is 15.1. The number of nitrogens with zero attached hydrogens (tertiary/aromatic N) is 1. The number of rotatable bonds is 6. The maximum absolute atomic E-state index is 13.9. The molecule has 154 valence electrons. The van der Waals surface area contributed by atoms with E-state index in [1.807, 2.05) is 0 Å². The molecule has 0 spiro atoms. The Labute approximate surface area is 171 Å². The summed E-state index contributed by atoms with van der Waals surface area (Å²) >= 11 is 0. The van der Waals surface area contributed by atoms with E-state index in [1.165, 1.54) is 12.1 Å². The van der Waals surface area contributed by atoms with Crippen LogP contribution in [0.4, 0.5) is 10.1 Å². The molecule has 1 aliphatic rings. The van der Waals surface area contributed by atoms with Gasteiger partial charge in [-0.3, -0.25) is 14.9 Å². The Morgan fingerprint density at radius 1 is 1.13 bits per heavy atom. The smallest absolute Gasteiger partial charge is 0.259 e. The molecule has 0 saturated carbocycles. The van der Waals surface area contributed by atoms with E-state index in [1.54, 1.807) is 48.1 Å². The van der Waals surface area contributed by atoms with Gasteiger partial charge in [0.15, 0.2) is 0 Å².